The number of para-hydroxylation sites is 1. The number of aromatic nitrogens is 2. The maximum Gasteiger partial charge on any atom is 0.148 e. The molecule has 0 aliphatic carbocycles. The molecule has 4 heteroatoms. The molecule has 3 rings (SSSR count). The van der Waals surface area contributed by atoms with E-state index in [4.69, 9.17) is 0 Å². The van der Waals surface area contributed by atoms with Crippen LogP contribution in [0, 0.1) is 5.82 Å². The number of hydrogen-bond donors (Lipinski definition) is 1. The fourth-order valence-electron chi connectivity index (χ4n) is 2.07. The van der Waals surface area contributed by atoms with E-state index in [9.17, 15) is 4.39 Å². The highest BCUT2D eigenvalue weighted by Crippen LogP contribution is 2.19. The van der Waals surface area contributed by atoms with Crippen LogP contribution in [0.15, 0.2) is 30.5 Å². The van der Waals surface area contributed by atoms with E-state index < -0.39 is 0 Å². The standard InChI is InChI=1S/C12H12FN3/c13-10-3-1-2-4-11(10)16-12-8-14-6-5-9(12)7-15-16/h1-4,7,14H,5-6,8H2. The van der Waals surface area contributed by atoms with Crippen LogP contribution >= 0.6 is 0 Å². The average Bonchev–Trinajstić information content (AvgIpc) is 2.74. The number of rotatable bonds is 1. The van der Waals surface area contributed by atoms with Crippen molar-refractivity contribution in [2.45, 2.75) is 13.0 Å². The Labute approximate surface area is 92.9 Å². The first kappa shape index (κ1) is 9.54. The zero-order valence-corrected chi connectivity index (χ0v) is 8.78. The largest absolute Gasteiger partial charge is 0.311 e. The lowest BCUT2D eigenvalue weighted by Crippen LogP contribution is -2.25. The lowest BCUT2D eigenvalue weighted by atomic mass is 10.1. The maximum absolute atomic E-state index is 13.6. The molecule has 0 bridgehead atoms. The summed E-state index contributed by atoms with van der Waals surface area (Å²) in [4.78, 5) is 0. The monoisotopic (exact) mass is 217 g/mol. The highest BCUT2D eigenvalue weighted by atomic mass is 19.1. The fourth-order valence-corrected chi connectivity index (χ4v) is 2.07. The molecule has 0 radical (unpaired) electrons. The van der Waals surface area contributed by atoms with Gasteiger partial charge < -0.3 is 5.32 Å². The minimum Gasteiger partial charge on any atom is -0.311 e. The molecule has 1 aromatic carbocycles. The van der Waals surface area contributed by atoms with Crippen molar-refractivity contribution in [2.24, 2.45) is 0 Å². The molecule has 0 amide bonds. The molecule has 2 aromatic rings. The molecule has 3 nitrogen and oxygen atoms in total. The van der Waals surface area contributed by atoms with Gasteiger partial charge in [0, 0.05) is 6.54 Å². The summed E-state index contributed by atoms with van der Waals surface area (Å²) in [6.07, 6.45) is 2.80. The summed E-state index contributed by atoms with van der Waals surface area (Å²) in [6.45, 7) is 1.72. The summed E-state index contributed by atoms with van der Waals surface area (Å²) < 4.78 is 15.3. The topological polar surface area (TPSA) is 29.9 Å². The van der Waals surface area contributed by atoms with Crippen molar-refractivity contribution in [1.29, 1.82) is 0 Å². The van der Waals surface area contributed by atoms with Gasteiger partial charge in [-0.1, -0.05) is 12.1 Å². The van der Waals surface area contributed by atoms with Gasteiger partial charge >= 0.3 is 0 Å². The molecule has 2 heterocycles. The van der Waals surface area contributed by atoms with E-state index in [1.165, 1.54) is 11.6 Å². The normalized spacial score (nSPS) is 14.8. The molecule has 16 heavy (non-hydrogen) atoms. The smallest absolute Gasteiger partial charge is 0.148 e. The Hall–Kier alpha value is -1.68. The number of fused-ring (bicyclic) bond motifs is 1. The number of halogens is 1. The highest BCUT2D eigenvalue weighted by molar-refractivity contribution is 5.37. The van der Waals surface area contributed by atoms with E-state index in [1.807, 2.05) is 12.3 Å². The Morgan fingerprint density at radius 2 is 2.19 bits per heavy atom. The summed E-state index contributed by atoms with van der Waals surface area (Å²) in [5.41, 5.74) is 2.80. The van der Waals surface area contributed by atoms with Crippen molar-refractivity contribution in [2.75, 3.05) is 6.54 Å². The number of nitrogens with zero attached hydrogens (tertiary/aromatic N) is 2. The summed E-state index contributed by atoms with van der Waals surface area (Å²) in [7, 11) is 0. The van der Waals surface area contributed by atoms with Crippen LogP contribution in [0.1, 0.15) is 11.3 Å². The van der Waals surface area contributed by atoms with Gasteiger partial charge in [-0.15, -0.1) is 0 Å². The molecular formula is C12H12FN3. The summed E-state index contributed by atoms with van der Waals surface area (Å²) >= 11 is 0. The SMILES string of the molecule is Fc1ccccc1-n1ncc2c1CNCC2. The lowest BCUT2D eigenvalue weighted by Gasteiger charge is -2.15. The third-order valence-electron chi connectivity index (χ3n) is 2.90. The number of benzene rings is 1. The summed E-state index contributed by atoms with van der Waals surface area (Å²) in [6, 6.07) is 6.71. The van der Waals surface area contributed by atoms with Gasteiger partial charge in [-0.05, 0) is 30.7 Å². The van der Waals surface area contributed by atoms with Crippen LogP contribution in [0.4, 0.5) is 4.39 Å². The Morgan fingerprint density at radius 3 is 3.06 bits per heavy atom. The number of nitrogens with one attached hydrogen (secondary N) is 1. The fraction of sp³-hybridized carbons (Fsp3) is 0.250. The van der Waals surface area contributed by atoms with Gasteiger partial charge in [0.2, 0.25) is 0 Å². The molecule has 0 atom stereocenters. The van der Waals surface area contributed by atoms with Crippen molar-refractivity contribution in [1.82, 2.24) is 15.1 Å². The first-order chi connectivity index (χ1) is 7.86. The molecule has 0 spiro atoms. The van der Waals surface area contributed by atoms with E-state index in [2.05, 4.69) is 10.4 Å². The maximum atomic E-state index is 13.6. The van der Waals surface area contributed by atoms with Crippen LogP contribution in [0.2, 0.25) is 0 Å². The minimum absolute atomic E-state index is 0.237. The molecule has 1 aromatic heterocycles. The molecule has 1 N–H and O–H groups in total. The molecule has 1 aliphatic heterocycles. The van der Waals surface area contributed by atoms with Crippen molar-refractivity contribution in [3.63, 3.8) is 0 Å². The van der Waals surface area contributed by atoms with E-state index in [0.717, 1.165) is 25.2 Å². The molecule has 0 saturated carbocycles. The van der Waals surface area contributed by atoms with E-state index in [1.54, 1.807) is 16.8 Å². The second kappa shape index (κ2) is 3.72. The van der Waals surface area contributed by atoms with Gasteiger partial charge in [0.05, 0.1) is 11.9 Å². The molecular weight excluding hydrogens is 205 g/mol. The average molecular weight is 217 g/mol. The van der Waals surface area contributed by atoms with Crippen LogP contribution < -0.4 is 5.32 Å². The van der Waals surface area contributed by atoms with Crippen LogP contribution in [-0.2, 0) is 13.0 Å². The Bertz CT molecular complexity index is 519. The first-order valence-corrected chi connectivity index (χ1v) is 5.37. The molecule has 0 saturated heterocycles. The van der Waals surface area contributed by atoms with Gasteiger partial charge in [0.25, 0.3) is 0 Å². The second-order valence-electron chi connectivity index (χ2n) is 3.91. The summed E-state index contributed by atoms with van der Waals surface area (Å²) in [5.74, 6) is -0.237. The van der Waals surface area contributed by atoms with Crippen molar-refractivity contribution >= 4 is 0 Å². The predicted octanol–water partition coefficient (Wildman–Crippen LogP) is 1.66. The molecule has 1 aliphatic rings. The molecule has 0 unspecified atom stereocenters. The van der Waals surface area contributed by atoms with Gasteiger partial charge in [-0.2, -0.15) is 5.10 Å². The van der Waals surface area contributed by atoms with Crippen LogP contribution in [-0.4, -0.2) is 16.3 Å². The Balaban J connectivity index is 2.13. The highest BCUT2D eigenvalue weighted by Gasteiger charge is 2.16. The van der Waals surface area contributed by atoms with E-state index in [-0.39, 0.29) is 5.82 Å². The molecule has 0 fully saturated rings. The first-order valence-electron chi connectivity index (χ1n) is 5.37. The zero-order valence-electron chi connectivity index (χ0n) is 8.78. The van der Waals surface area contributed by atoms with Crippen molar-refractivity contribution in [3.05, 3.63) is 47.5 Å². The van der Waals surface area contributed by atoms with Crippen LogP contribution in [0.25, 0.3) is 5.69 Å². The van der Waals surface area contributed by atoms with Gasteiger partial charge in [-0.25, -0.2) is 9.07 Å². The van der Waals surface area contributed by atoms with Gasteiger partial charge in [-0.3, -0.25) is 0 Å². The third kappa shape index (κ3) is 1.42. The lowest BCUT2D eigenvalue weighted by molar-refractivity contribution is 0.585. The summed E-state index contributed by atoms with van der Waals surface area (Å²) in [5, 5.41) is 7.54. The van der Waals surface area contributed by atoms with E-state index in [0.29, 0.717) is 5.69 Å². The van der Waals surface area contributed by atoms with Crippen LogP contribution in [0.5, 0.6) is 0 Å². The predicted molar refractivity (Wildman–Crippen MR) is 58.9 cm³/mol. The van der Waals surface area contributed by atoms with Crippen molar-refractivity contribution < 1.29 is 4.39 Å². The van der Waals surface area contributed by atoms with Crippen molar-refractivity contribution in [3.8, 4) is 5.69 Å². The van der Waals surface area contributed by atoms with Gasteiger partial charge in [0.1, 0.15) is 11.5 Å². The Morgan fingerprint density at radius 1 is 1.31 bits per heavy atom. The number of hydrogen-bond acceptors (Lipinski definition) is 2. The van der Waals surface area contributed by atoms with Gasteiger partial charge in [0.15, 0.2) is 0 Å². The second-order valence-corrected chi connectivity index (χ2v) is 3.91. The third-order valence-corrected chi connectivity index (χ3v) is 2.90. The Kier molecular flexibility index (Phi) is 2.22. The minimum atomic E-state index is -0.237. The van der Waals surface area contributed by atoms with E-state index >= 15 is 0 Å². The quantitative estimate of drug-likeness (QED) is 0.787. The van der Waals surface area contributed by atoms with Crippen LogP contribution in [0.3, 0.4) is 0 Å². The molecule has 82 valence electrons. The zero-order chi connectivity index (χ0) is 11.0.